The lowest BCUT2D eigenvalue weighted by molar-refractivity contribution is 0.127. The van der Waals surface area contributed by atoms with E-state index >= 15 is 0 Å². The third-order valence-corrected chi connectivity index (χ3v) is 5.66. The third-order valence-electron chi connectivity index (χ3n) is 5.66. The lowest BCUT2D eigenvalue weighted by Gasteiger charge is -2.38. The van der Waals surface area contributed by atoms with Crippen LogP contribution in [-0.2, 0) is 12.0 Å². The summed E-state index contributed by atoms with van der Waals surface area (Å²) in [5, 5.41) is 19.1. The van der Waals surface area contributed by atoms with Crippen molar-refractivity contribution in [3.63, 3.8) is 0 Å². The summed E-state index contributed by atoms with van der Waals surface area (Å²) in [5.41, 5.74) is 1.64. The minimum atomic E-state index is -0.609. The van der Waals surface area contributed by atoms with E-state index in [1.165, 1.54) is 5.56 Å². The molecule has 0 saturated carbocycles. The summed E-state index contributed by atoms with van der Waals surface area (Å²) >= 11 is 0. The van der Waals surface area contributed by atoms with Crippen LogP contribution in [-0.4, -0.2) is 17.5 Å². The number of hydrogen-bond acceptors (Lipinski definition) is 3. The zero-order chi connectivity index (χ0) is 19.8. The summed E-state index contributed by atoms with van der Waals surface area (Å²) < 4.78 is 0. The fourth-order valence-corrected chi connectivity index (χ4v) is 3.40. The van der Waals surface area contributed by atoms with Crippen LogP contribution in [0.5, 0.6) is 0 Å². The number of benzene rings is 2. The number of nitrogens with zero attached hydrogens (tertiary/aromatic N) is 3. The monoisotopic (exact) mass is 359 g/mol. The summed E-state index contributed by atoms with van der Waals surface area (Å²) in [4.78, 5) is 2.35. The molecule has 2 aromatic carbocycles. The quantitative estimate of drug-likeness (QED) is 0.599. The van der Waals surface area contributed by atoms with Crippen molar-refractivity contribution in [3.8, 4) is 12.1 Å². The van der Waals surface area contributed by atoms with Gasteiger partial charge in [-0.3, -0.25) is 4.90 Å². The SMILES string of the molecule is CN(Cc1ccccc1)C(C)(C)CC[C@@](C#N)(CCC#N)c1ccccc1. The average molecular weight is 360 g/mol. The third kappa shape index (κ3) is 5.43. The minimum absolute atomic E-state index is 0.0562. The maximum Gasteiger partial charge on any atom is 0.0832 e. The molecule has 0 aromatic heterocycles. The summed E-state index contributed by atoms with van der Waals surface area (Å²) in [5.74, 6) is 0. The van der Waals surface area contributed by atoms with Gasteiger partial charge in [-0.25, -0.2) is 0 Å². The normalized spacial score (nSPS) is 13.6. The molecule has 0 fully saturated rings. The molecule has 3 nitrogen and oxygen atoms in total. The largest absolute Gasteiger partial charge is 0.297 e. The first-order valence-corrected chi connectivity index (χ1v) is 9.52. The molecule has 0 aliphatic heterocycles. The topological polar surface area (TPSA) is 50.8 Å². The standard InChI is InChI=1S/C24H29N3/c1-23(2,27(3)19-21-11-6-4-7-12-21)16-17-24(20-26,15-10-18-25)22-13-8-5-9-14-22/h4-9,11-14H,10,15-17,19H2,1-3H3/t24-/m1/s1. The van der Waals surface area contributed by atoms with Crippen molar-refractivity contribution in [2.45, 2.75) is 57.0 Å². The molecular weight excluding hydrogens is 330 g/mol. The van der Waals surface area contributed by atoms with Crippen LogP contribution in [0.1, 0.15) is 50.7 Å². The highest BCUT2D eigenvalue weighted by atomic mass is 15.2. The minimum Gasteiger partial charge on any atom is -0.297 e. The first-order valence-electron chi connectivity index (χ1n) is 9.52. The zero-order valence-corrected chi connectivity index (χ0v) is 16.7. The van der Waals surface area contributed by atoms with Gasteiger partial charge in [-0.2, -0.15) is 10.5 Å². The second-order valence-corrected chi connectivity index (χ2v) is 7.87. The van der Waals surface area contributed by atoms with E-state index in [-0.39, 0.29) is 5.54 Å². The van der Waals surface area contributed by atoms with Crippen LogP contribution in [0.4, 0.5) is 0 Å². The van der Waals surface area contributed by atoms with E-state index in [0.29, 0.717) is 12.8 Å². The van der Waals surface area contributed by atoms with Gasteiger partial charge in [0.1, 0.15) is 0 Å². The van der Waals surface area contributed by atoms with E-state index < -0.39 is 5.41 Å². The first-order chi connectivity index (χ1) is 12.9. The van der Waals surface area contributed by atoms with Gasteiger partial charge in [0.2, 0.25) is 0 Å². The molecule has 0 aliphatic rings. The van der Waals surface area contributed by atoms with Crippen molar-refractivity contribution in [2.24, 2.45) is 0 Å². The molecule has 3 heteroatoms. The number of hydrogen-bond donors (Lipinski definition) is 0. The smallest absolute Gasteiger partial charge is 0.0832 e. The summed E-state index contributed by atoms with van der Waals surface area (Å²) in [7, 11) is 2.14. The Morgan fingerprint density at radius 1 is 0.852 bits per heavy atom. The van der Waals surface area contributed by atoms with Gasteiger partial charge in [0.15, 0.2) is 0 Å². The Bertz CT molecular complexity index is 784. The Morgan fingerprint density at radius 2 is 1.44 bits per heavy atom. The maximum absolute atomic E-state index is 10.1. The van der Waals surface area contributed by atoms with E-state index in [9.17, 15) is 5.26 Å². The molecular formula is C24H29N3. The van der Waals surface area contributed by atoms with Gasteiger partial charge in [0.05, 0.1) is 17.6 Å². The average Bonchev–Trinajstić information content (AvgIpc) is 2.70. The van der Waals surface area contributed by atoms with Gasteiger partial charge in [0.25, 0.3) is 0 Å². The molecule has 0 spiro atoms. The van der Waals surface area contributed by atoms with E-state index in [0.717, 1.165) is 24.9 Å². The van der Waals surface area contributed by atoms with Crippen molar-refractivity contribution in [1.82, 2.24) is 4.90 Å². The van der Waals surface area contributed by atoms with Crippen molar-refractivity contribution in [2.75, 3.05) is 7.05 Å². The van der Waals surface area contributed by atoms with Gasteiger partial charge in [0, 0.05) is 18.5 Å². The molecule has 0 N–H and O–H groups in total. The maximum atomic E-state index is 10.1. The molecule has 0 saturated heterocycles. The highest BCUT2D eigenvalue weighted by Crippen LogP contribution is 2.36. The second-order valence-electron chi connectivity index (χ2n) is 7.87. The molecule has 0 bridgehead atoms. The van der Waals surface area contributed by atoms with Gasteiger partial charge < -0.3 is 0 Å². The highest BCUT2D eigenvalue weighted by molar-refractivity contribution is 5.32. The van der Waals surface area contributed by atoms with Gasteiger partial charge >= 0.3 is 0 Å². The molecule has 0 aliphatic carbocycles. The van der Waals surface area contributed by atoms with Crippen molar-refractivity contribution >= 4 is 0 Å². The predicted molar refractivity (Wildman–Crippen MR) is 110 cm³/mol. The van der Waals surface area contributed by atoms with Crippen LogP contribution in [0.25, 0.3) is 0 Å². The van der Waals surface area contributed by atoms with Crippen LogP contribution in [0.3, 0.4) is 0 Å². The Morgan fingerprint density at radius 3 is 2.00 bits per heavy atom. The molecule has 0 heterocycles. The predicted octanol–water partition coefficient (Wildman–Crippen LogP) is 5.44. The molecule has 27 heavy (non-hydrogen) atoms. The van der Waals surface area contributed by atoms with Crippen LogP contribution in [0.2, 0.25) is 0 Å². The lowest BCUT2D eigenvalue weighted by atomic mass is 9.72. The summed E-state index contributed by atoms with van der Waals surface area (Å²) in [6.45, 7) is 5.33. The van der Waals surface area contributed by atoms with Crippen LogP contribution >= 0.6 is 0 Å². The fraction of sp³-hybridized carbons (Fsp3) is 0.417. The van der Waals surface area contributed by atoms with E-state index in [1.54, 1.807) is 0 Å². The molecule has 2 rings (SSSR count). The van der Waals surface area contributed by atoms with E-state index in [4.69, 9.17) is 5.26 Å². The Hall–Kier alpha value is -2.62. The van der Waals surface area contributed by atoms with Gasteiger partial charge in [-0.05, 0) is 51.3 Å². The van der Waals surface area contributed by atoms with Crippen LogP contribution in [0, 0.1) is 22.7 Å². The molecule has 0 amide bonds. The van der Waals surface area contributed by atoms with Crippen molar-refractivity contribution < 1.29 is 0 Å². The second kappa shape index (κ2) is 9.36. The molecule has 0 unspecified atom stereocenters. The van der Waals surface area contributed by atoms with Gasteiger partial charge in [-0.15, -0.1) is 0 Å². The number of rotatable bonds is 9. The zero-order valence-electron chi connectivity index (χ0n) is 16.7. The Kier molecular flexibility index (Phi) is 7.17. The van der Waals surface area contributed by atoms with Gasteiger partial charge in [-0.1, -0.05) is 60.7 Å². The molecule has 140 valence electrons. The molecule has 2 aromatic rings. The highest BCUT2D eigenvalue weighted by Gasteiger charge is 2.35. The molecule has 1 atom stereocenters. The van der Waals surface area contributed by atoms with E-state index in [2.05, 4.69) is 62.2 Å². The fourth-order valence-electron chi connectivity index (χ4n) is 3.40. The van der Waals surface area contributed by atoms with Crippen LogP contribution < -0.4 is 0 Å². The Balaban J connectivity index is 2.15. The first kappa shape index (κ1) is 20.7. The number of nitriles is 2. The lowest BCUT2D eigenvalue weighted by Crippen LogP contribution is -2.42. The van der Waals surface area contributed by atoms with Crippen LogP contribution in [0.15, 0.2) is 60.7 Å². The van der Waals surface area contributed by atoms with Crippen molar-refractivity contribution in [3.05, 3.63) is 71.8 Å². The van der Waals surface area contributed by atoms with Crippen molar-refractivity contribution in [1.29, 1.82) is 10.5 Å². The van der Waals surface area contributed by atoms with E-state index in [1.807, 2.05) is 36.4 Å². The summed E-state index contributed by atoms with van der Waals surface area (Å²) in [6, 6.07) is 25.2. The molecule has 0 radical (unpaired) electrons. The summed E-state index contributed by atoms with van der Waals surface area (Å²) in [6.07, 6.45) is 2.58. The Labute approximate surface area is 163 Å².